The van der Waals surface area contributed by atoms with Crippen LogP contribution in [-0.4, -0.2) is 21.5 Å². The van der Waals surface area contributed by atoms with Crippen LogP contribution in [0, 0.1) is 0 Å². The summed E-state index contributed by atoms with van der Waals surface area (Å²) in [5.74, 6) is -0.331. The minimum atomic E-state index is -0.602. The molecule has 1 heterocycles. The van der Waals surface area contributed by atoms with Crippen molar-refractivity contribution in [2.75, 3.05) is 10.6 Å². The van der Waals surface area contributed by atoms with Gasteiger partial charge in [-0.2, -0.15) is 0 Å². The van der Waals surface area contributed by atoms with Gasteiger partial charge in [0.15, 0.2) is 0 Å². The maximum Gasteiger partial charge on any atom is 0.328 e. The lowest BCUT2D eigenvalue weighted by Gasteiger charge is -2.23. The molecule has 1 aliphatic rings. The maximum absolute atomic E-state index is 12.0. The van der Waals surface area contributed by atoms with Crippen molar-refractivity contribution < 1.29 is 4.79 Å². The smallest absolute Gasteiger partial charge is 0.328 e. The number of aromatic nitrogens is 2. The van der Waals surface area contributed by atoms with Gasteiger partial charge < -0.3 is 10.6 Å². The van der Waals surface area contributed by atoms with Crippen LogP contribution in [0.5, 0.6) is 0 Å². The molecule has 7 nitrogen and oxygen atoms in total. The van der Waals surface area contributed by atoms with E-state index in [4.69, 9.17) is 0 Å². The van der Waals surface area contributed by atoms with Gasteiger partial charge >= 0.3 is 5.69 Å². The van der Waals surface area contributed by atoms with Crippen LogP contribution in [0.15, 0.2) is 46.1 Å². The van der Waals surface area contributed by atoms with Crippen LogP contribution in [0.25, 0.3) is 0 Å². The van der Waals surface area contributed by atoms with Crippen molar-refractivity contribution in [2.45, 2.75) is 44.7 Å². The zero-order valence-electron chi connectivity index (χ0n) is 14.0. The SMILES string of the molecule is O=C(Cn1ccc(=O)[nH]c1=O)Nc1ccc(NC2CCCCC2)cc1. The molecule has 3 N–H and O–H groups in total. The van der Waals surface area contributed by atoms with E-state index in [2.05, 4.69) is 15.6 Å². The Morgan fingerprint density at radius 2 is 1.72 bits per heavy atom. The molecule has 0 radical (unpaired) electrons. The molecule has 0 spiro atoms. The number of nitrogens with one attached hydrogen (secondary N) is 3. The molecule has 0 atom stereocenters. The lowest BCUT2D eigenvalue weighted by Crippen LogP contribution is -2.32. The highest BCUT2D eigenvalue weighted by atomic mass is 16.2. The number of benzene rings is 1. The number of aromatic amines is 1. The second kappa shape index (κ2) is 7.83. The molecule has 1 fully saturated rings. The molecule has 7 heteroatoms. The van der Waals surface area contributed by atoms with Gasteiger partial charge in [-0.05, 0) is 37.1 Å². The van der Waals surface area contributed by atoms with Gasteiger partial charge in [-0.25, -0.2) is 4.79 Å². The Morgan fingerprint density at radius 3 is 2.40 bits per heavy atom. The summed E-state index contributed by atoms with van der Waals surface area (Å²) in [6, 6.07) is 9.28. The Bertz CT molecular complexity index is 832. The van der Waals surface area contributed by atoms with Gasteiger partial charge in [0.05, 0.1) is 0 Å². The van der Waals surface area contributed by atoms with Crippen molar-refractivity contribution in [3.63, 3.8) is 0 Å². The molecule has 1 aromatic carbocycles. The fourth-order valence-corrected chi connectivity index (χ4v) is 3.06. The van der Waals surface area contributed by atoms with E-state index < -0.39 is 11.2 Å². The first-order chi connectivity index (χ1) is 12.1. The number of hydrogen-bond donors (Lipinski definition) is 3. The van der Waals surface area contributed by atoms with Gasteiger partial charge in [0, 0.05) is 29.7 Å². The first-order valence-corrected chi connectivity index (χ1v) is 8.56. The van der Waals surface area contributed by atoms with Gasteiger partial charge in [-0.15, -0.1) is 0 Å². The number of H-pyrrole nitrogens is 1. The summed E-state index contributed by atoms with van der Waals surface area (Å²) in [5, 5.41) is 6.27. The van der Waals surface area contributed by atoms with E-state index in [1.165, 1.54) is 44.4 Å². The molecule has 0 saturated heterocycles. The standard InChI is InChI=1S/C18H22N4O3/c23-16-10-11-22(18(25)21-16)12-17(24)20-15-8-6-14(7-9-15)19-13-4-2-1-3-5-13/h6-11,13,19H,1-5,12H2,(H,20,24)(H,21,23,25). The van der Waals surface area contributed by atoms with Crippen LogP contribution in [-0.2, 0) is 11.3 Å². The van der Waals surface area contributed by atoms with E-state index >= 15 is 0 Å². The van der Waals surface area contributed by atoms with Gasteiger partial charge in [-0.1, -0.05) is 19.3 Å². The van der Waals surface area contributed by atoms with Crippen molar-refractivity contribution in [3.8, 4) is 0 Å². The van der Waals surface area contributed by atoms with Crippen LogP contribution < -0.4 is 21.9 Å². The third kappa shape index (κ3) is 4.82. The largest absolute Gasteiger partial charge is 0.382 e. The summed E-state index contributed by atoms with van der Waals surface area (Å²) in [6.07, 6.45) is 7.57. The third-order valence-electron chi connectivity index (χ3n) is 4.36. The predicted molar refractivity (Wildman–Crippen MR) is 96.9 cm³/mol. The van der Waals surface area contributed by atoms with Gasteiger partial charge in [0.25, 0.3) is 5.56 Å². The molecule has 1 saturated carbocycles. The van der Waals surface area contributed by atoms with Crippen LogP contribution in [0.2, 0.25) is 0 Å². The Morgan fingerprint density at radius 1 is 1.04 bits per heavy atom. The average molecular weight is 342 g/mol. The van der Waals surface area contributed by atoms with Crippen LogP contribution in [0.1, 0.15) is 32.1 Å². The summed E-state index contributed by atoms with van der Waals surface area (Å²) in [6.45, 7) is -0.155. The monoisotopic (exact) mass is 342 g/mol. The molecule has 0 unspecified atom stereocenters. The maximum atomic E-state index is 12.0. The molecule has 132 valence electrons. The molecule has 0 bridgehead atoms. The highest BCUT2D eigenvalue weighted by molar-refractivity contribution is 5.90. The van der Waals surface area contributed by atoms with Gasteiger partial charge in [0.1, 0.15) is 6.54 Å². The molecule has 25 heavy (non-hydrogen) atoms. The van der Waals surface area contributed by atoms with E-state index in [9.17, 15) is 14.4 Å². The number of carbonyl (C=O) groups is 1. The number of rotatable bonds is 5. The Hall–Kier alpha value is -2.83. The summed E-state index contributed by atoms with van der Waals surface area (Å²) in [7, 11) is 0. The zero-order valence-corrected chi connectivity index (χ0v) is 14.0. The molecular weight excluding hydrogens is 320 g/mol. The fourth-order valence-electron chi connectivity index (χ4n) is 3.06. The number of amides is 1. The van der Waals surface area contributed by atoms with Gasteiger partial charge in [0.2, 0.25) is 5.91 Å². The number of nitrogens with zero attached hydrogens (tertiary/aromatic N) is 1. The number of hydrogen-bond acceptors (Lipinski definition) is 4. The molecule has 1 amide bonds. The minimum absolute atomic E-state index is 0.155. The normalized spacial score (nSPS) is 14.9. The second-order valence-electron chi connectivity index (χ2n) is 6.34. The minimum Gasteiger partial charge on any atom is -0.382 e. The van der Waals surface area contributed by atoms with E-state index in [-0.39, 0.29) is 12.5 Å². The Balaban J connectivity index is 1.56. The molecule has 1 aromatic heterocycles. The summed E-state index contributed by atoms with van der Waals surface area (Å²) < 4.78 is 1.15. The topological polar surface area (TPSA) is 96.0 Å². The quantitative estimate of drug-likeness (QED) is 0.773. The molecule has 0 aliphatic heterocycles. The number of anilines is 2. The summed E-state index contributed by atoms with van der Waals surface area (Å²) >= 11 is 0. The van der Waals surface area contributed by atoms with Crippen LogP contribution >= 0.6 is 0 Å². The predicted octanol–water partition coefficient (Wildman–Crippen LogP) is 1.92. The second-order valence-corrected chi connectivity index (χ2v) is 6.34. The van der Waals surface area contributed by atoms with Crippen molar-refractivity contribution >= 4 is 17.3 Å². The average Bonchev–Trinajstić information content (AvgIpc) is 2.60. The third-order valence-corrected chi connectivity index (χ3v) is 4.36. The lowest BCUT2D eigenvalue weighted by molar-refractivity contribution is -0.116. The van der Waals surface area contributed by atoms with Crippen molar-refractivity contribution in [2.24, 2.45) is 0 Å². The molecular formula is C18H22N4O3. The van der Waals surface area contributed by atoms with Crippen LogP contribution in [0.4, 0.5) is 11.4 Å². The summed E-state index contributed by atoms with van der Waals surface area (Å²) in [4.78, 5) is 36.8. The van der Waals surface area contributed by atoms with Crippen LogP contribution in [0.3, 0.4) is 0 Å². The highest BCUT2D eigenvalue weighted by Crippen LogP contribution is 2.22. The summed E-state index contributed by atoms with van der Waals surface area (Å²) in [5.41, 5.74) is 0.621. The van der Waals surface area contributed by atoms with E-state index in [1.54, 1.807) is 0 Å². The van der Waals surface area contributed by atoms with Gasteiger partial charge in [-0.3, -0.25) is 19.1 Å². The highest BCUT2D eigenvalue weighted by Gasteiger charge is 2.12. The van der Waals surface area contributed by atoms with E-state index in [0.717, 1.165) is 10.3 Å². The fraction of sp³-hybridized carbons (Fsp3) is 0.389. The zero-order chi connectivity index (χ0) is 17.6. The Kier molecular flexibility index (Phi) is 5.33. The van der Waals surface area contributed by atoms with E-state index in [0.29, 0.717) is 11.7 Å². The van der Waals surface area contributed by atoms with Crippen molar-refractivity contribution in [1.82, 2.24) is 9.55 Å². The van der Waals surface area contributed by atoms with Crippen molar-refractivity contribution in [1.29, 1.82) is 0 Å². The van der Waals surface area contributed by atoms with E-state index in [1.807, 2.05) is 24.3 Å². The molecule has 2 aromatic rings. The molecule has 3 rings (SSSR count). The number of carbonyl (C=O) groups excluding carboxylic acids is 1. The first-order valence-electron chi connectivity index (χ1n) is 8.56. The molecule has 1 aliphatic carbocycles. The Labute approximate surface area is 145 Å². The lowest BCUT2D eigenvalue weighted by atomic mass is 9.95. The first kappa shape index (κ1) is 17.0. The van der Waals surface area contributed by atoms with Crippen molar-refractivity contribution in [3.05, 3.63) is 57.4 Å².